The summed E-state index contributed by atoms with van der Waals surface area (Å²) in [7, 11) is 0. The number of rotatable bonds is 4. The maximum absolute atomic E-state index is 12.9. The van der Waals surface area contributed by atoms with E-state index in [9.17, 15) is 13.2 Å². The molecule has 0 saturated carbocycles. The van der Waals surface area contributed by atoms with Gasteiger partial charge in [-0.3, -0.25) is 9.80 Å². The third-order valence-corrected chi connectivity index (χ3v) is 5.40. The highest BCUT2D eigenvalue weighted by Gasteiger charge is 2.30. The monoisotopic (exact) mass is 384 g/mol. The summed E-state index contributed by atoms with van der Waals surface area (Å²) < 4.78 is 38.7. The molecule has 0 spiro atoms. The molecule has 1 heterocycles. The first-order valence-corrected chi connectivity index (χ1v) is 9.56. The molecule has 28 heavy (non-hydrogen) atoms. The van der Waals surface area contributed by atoms with Crippen molar-refractivity contribution in [2.24, 2.45) is 0 Å². The fourth-order valence-electron chi connectivity index (χ4n) is 3.88. The molecule has 0 bridgehead atoms. The Kier molecular flexibility index (Phi) is 5.38. The Balaban J connectivity index is 1.36. The van der Waals surface area contributed by atoms with Crippen LogP contribution in [0.4, 0.5) is 13.2 Å². The van der Waals surface area contributed by atoms with Crippen LogP contribution in [0.15, 0.2) is 66.7 Å². The van der Waals surface area contributed by atoms with Crippen LogP contribution in [0.5, 0.6) is 0 Å². The maximum atomic E-state index is 12.9. The molecule has 0 aliphatic carbocycles. The Labute approximate surface area is 163 Å². The van der Waals surface area contributed by atoms with Crippen molar-refractivity contribution in [1.29, 1.82) is 0 Å². The minimum atomic E-state index is -4.28. The zero-order valence-corrected chi connectivity index (χ0v) is 15.6. The quantitative estimate of drug-likeness (QED) is 0.612. The summed E-state index contributed by atoms with van der Waals surface area (Å²) in [6.07, 6.45) is -4.28. The summed E-state index contributed by atoms with van der Waals surface area (Å²) in [5.74, 6) is 0. The minimum absolute atomic E-state index is 0.562. The van der Waals surface area contributed by atoms with Gasteiger partial charge in [0.05, 0.1) is 5.56 Å². The highest BCUT2D eigenvalue weighted by molar-refractivity contribution is 5.85. The Morgan fingerprint density at radius 1 is 0.714 bits per heavy atom. The van der Waals surface area contributed by atoms with E-state index in [4.69, 9.17) is 0 Å². The molecule has 0 amide bonds. The van der Waals surface area contributed by atoms with Crippen LogP contribution in [0.25, 0.3) is 10.8 Å². The Morgan fingerprint density at radius 2 is 1.36 bits per heavy atom. The average Bonchev–Trinajstić information content (AvgIpc) is 2.69. The molecule has 1 fully saturated rings. The largest absolute Gasteiger partial charge is 0.416 e. The van der Waals surface area contributed by atoms with E-state index in [0.29, 0.717) is 6.54 Å². The molecular weight excluding hydrogens is 361 g/mol. The van der Waals surface area contributed by atoms with E-state index in [-0.39, 0.29) is 0 Å². The number of hydrogen-bond donors (Lipinski definition) is 0. The molecule has 1 saturated heterocycles. The Hall–Kier alpha value is -2.37. The van der Waals surface area contributed by atoms with Gasteiger partial charge in [0.2, 0.25) is 0 Å². The minimum Gasteiger partial charge on any atom is -0.297 e. The molecule has 5 heteroatoms. The summed E-state index contributed by atoms with van der Waals surface area (Å²) >= 11 is 0. The zero-order chi connectivity index (χ0) is 19.6. The van der Waals surface area contributed by atoms with E-state index in [1.807, 2.05) is 0 Å². The topological polar surface area (TPSA) is 6.48 Å². The van der Waals surface area contributed by atoms with Crippen LogP contribution in [0.2, 0.25) is 0 Å². The fourth-order valence-corrected chi connectivity index (χ4v) is 3.88. The predicted molar refractivity (Wildman–Crippen MR) is 106 cm³/mol. The van der Waals surface area contributed by atoms with E-state index >= 15 is 0 Å². The first kappa shape index (κ1) is 19.0. The molecule has 0 unspecified atom stereocenters. The van der Waals surface area contributed by atoms with Gasteiger partial charge in [-0.25, -0.2) is 0 Å². The van der Waals surface area contributed by atoms with Crippen molar-refractivity contribution in [2.75, 3.05) is 26.2 Å². The summed E-state index contributed by atoms with van der Waals surface area (Å²) in [6.45, 7) is 5.02. The summed E-state index contributed by atoms with van der Waals surface area (Å²) in [5.41, 5.74) is 1.47. The highest BCUT2D eigenvalue weighted by atomic mass is 19.4. The van der Waals surface area contributed by atoms with E-state index < -0.39 is 11.7 Å². The van der Waals surface area contributed by atoms with Gasteiger partial charge in [-0.1, -0.05) is 60.7 Å². The number of benzene rings is 3. The molecule has 2 nitrogen and oxygen atoms in total. The highest BCUT2D eigenvalue weighted by Crippen LogP contribution is 2.30. The molecule has 0 aromatic heterocycles. The van der Waals surface area contributed by atoms with Gasteiger partial charge in [-0.05, 0) is 28.0 Å². The summed E-state index contributed by atoms with van der Waals surface area (Å²) in [4.78, 5) is 4.65. The SMILES string of the molecule is FC(F)(F)c1cccc(CN2CCN(Cc3cccc4ccccc34)CC2)c1. The van der Waals surface area contributed by atoms with Crippen LogP contribution in [-0.4, -0.2) is 36.0 Å². The van der Waals surface area contributed by atoms with Gasteiger partial charge in [0, 0.05) is 39.3 Å². The number of alkyl halides is 3. The van der Waals surface area contributed by atoms with Crippen LogP contribution in [0, 0.1) is 0 Å². The van der Waals surface area contributed by atoms with Gasteiger partial charge in [-0.2, -0.15) is 13.2 Å². The number of fused-ring (bicyclic) bond motifs is 1. The summed E-state index contributed by atoms with van der Waals surface area (Å²) in [6, 6.07) is 20.5. The Bertz CT molecular complexity index is 938. The molecule has 1 aliphatic heterocycles. The van der Waals surface area contributed by atoms with E-state index in [0.717, 1.165) is 44.4 Å². The molecule has 3 aromatic rings. The van der Waals surface area contributed by atoms with Crippen molar-refractivity contribution in [3.63, 3.8) is 0 Å². The van der Waals surface area contributed by atoms with Crippen LogP contribution in [0.1, 0.15) is 16.7 Å². The van der Waals surface area contributed by atoms with Gasteiger partial charge in [0.1, 0.15) is 0 Å². The van der Waals surface area contributed by atoms with Crippen molar-refractivity contribution in [2.45, 2.75) is 19.3 Å². The second-order valence-electron chi connectivity index (χ2n) is 7.39. The molecule has 1 aliphatic rings. The number of nitrogens with zero attached hydrogens (tertiary/aromatic N) is 2. The second-order valence-corrected chi connectivity index (χ2v) is 7.39. The molecule has 0 radical (unpaired) electrons. The van der Waals surface area contributed by atoms with Gasteiger partial charge in [0.25, 0.3) is 0 Å². The van der Waals surface area contributed by atoms with Crippen molar-refractivity contribution < 1.29 is 13.2 Å². The van der Waals surface area contributed by atoms with Gasteiger partial charge in [0.15, 0.2) is 0 Å². The van der Waals surface area contributed by atoms with Crippen molar-refractivity contribution in [3.05, 3.63) is 83.4 Å². The third kappa shape index (κ3) is 4.37. The lowest BCUT2D eigenvalue weighted by atomic mass is 10.0. The first-order chi connectivity index (χ1) is 13.5. The normalized spacial score (nSPS) is 16.5. The smallest absolute Gasteiger partial charge is 0.297 e. The van der Waals surface area contributed by atoms with E-state index in [2.05, 4.69) is 52.3 Å². The number of halogens is 3. The molecule has 4 rings (SSSR count). The van der Waals surface area contributed by atoms with Crippen LogP contribution in [0.3, 0.4) is 0 Å². The van der Waals surface area contributed by atoms with Crippen molar-refractivity contribution in [3.8, 4) is 0 Å². The molecule has 0 atom stereocenters. The van der Waals surface area contributed by atoms with Gasteiger partial charge in [-0.15, -0.1) is 0 Å². The average molecular weight is 384 g/mol. The molecule has 0 N–H and O–H groups in total. The van der Waals surface area contributed by atoms with E-state index in [1.54, 1.807) is 6.07 Å². The lowest BCUT2D eigenvalue weighted by molar-refractivity contribution is -0.137. The maximum Gasteiger partial charge on any atom is 0.416 e. The standard InChI is InChI=1S/C23H23F3N2/c24-23(25,26)21-9-3-5-18(15-21)16-27-11-13-28(14-12-27)17-20-8-4-7-19-6-1-2-10-22(19)20/h1-10,15H,11-14,16-17H2. The number of piperazine rings is 1. The Morgan fingerprint density at radius 3 is 2.11 bits per heavy atom. The number of hydrogen-bond acceptors (Lipinski definition) is 2. The second kappa shape index (κ2) is 7.94. The first-order valence-electron chi connectivity index (χ1n) is 9.56. The van der Waals surface area contributed by atoms with Crippen LogP contribution in [-0.2, 0) is 19.3 Å². The van der Waals surface area contributed by atoms with Crippen LogP contribution < -0.4 is 0 Å². The third-order valence-electron chi connectivity index (χ3n) is 5.40. The van der Waals surface area contributed by atoms with Crippen molar-refractivity contribution >= 4 is 10.8 Å². The van der Waals surface area contributed by atoms with E-state index in [1.165, 1.54) is 28.5 Å². The summed E-state index contributed by atoms with van der Waals surface area (Å²) in [5, 5.41) is 2.54. The molecule has 3 aromatic carbocycles. The molecular formula is C23H23F3N2. The van der Waals surface area contributed by atoms with Gasteiger partial charge >= 0.3 is 6.18 Å². The van der Waals surface area contributed by atoms with Gasteiger partial charge < -0.3 is 0 Å². The zero-order valence-electron chi connectivity index (χ0n) is 15.6. The lowest BCUT2D eigenvalue weighted by Crippen LogP contribution is -2.45. The fraction of sp³-hybridized carbons (Fsp3) is 0.304. The predicted octanol–water partition coefficient (Wildman–Crippen LogP) is 5.18. The lowest BCUT2D eigenvalue weighted by Gasteiger charge is -2.35. The van der Waals surface area contributed by atoms with Crippen LogP contribution >= 0.6 is 0 Å². The molecule has 146 valence electrons. The van der Waals surface area contributed by atoms with Crippen molar-refractivity contribution in [1.82, 2.24) is 9.80 Å².